The Bertz CT molecular complexity index is 662. The first-order valence-electron chi connectivity index (χ1n) is 7.19. The molecule has 0 radical (unpaired) electrons. The molecule has 0 saturated heterocycles. The van der Waals surface area contributed by atoms with Crippen molar-refractivity contribution < 1.29 is 0 Å². The highest BCUT2D eigenvalue weighted by atomic mass is 35.5. The number of anilines is 4. The van der Waals surface area contributed by atoms with Crippen LogP contribution in [0.25, 0.3) is 0 Å². The Morgan fingerprint density at radius 1 is 1.22 bits per heavy atom. The zero-order chi connectivity index (χ0) is 16.8. The molecule has 8 heteroatoms. The number of halogens is 2. The van der Waals surface area contributed by atoms with Gasteiger partial charge in [-0.3, -0.25) is 0 Å². The average Bonchev–Trinajstić information content (AvgIpc) is 2.50. The van der Waals surface area contributed by atoms with Crippen molar-refractivity contribution >= 4 is 46.3 Å². The molecular formula is C15H20Cl2N6. The molecule has 0 aliphatic heterocycles. The van der Waals surface area contributed by atoms with Gasteiger partial charge in [0.15, 0.2) is 5.82 Å². The van der Waals surface area contributed by atoms with E-state index in [1.807, 2.05) is 14.1 Å². The highest BCUT2D eigenvalue weighted by Gasteiger charge is 2.06. The second kappa shape index (κ2) is 8.19. The van der Waals surface area contributed by atoms with Crippen LogP contribution in [0, 0.1) is 0 Å². The normalized spacial score (nSPS) is 10.8. The molecule has 124 valence electrons. The quantitative estimate of drug-likeness (QED) is 0.660. The maximum atomic E-state index is 6.00. The second-order valence-corrected chi connectivity index (χ2v) is 6.15. The third-order valence-corrected chi connectivity index (χ3v) is 3.81. The minimum Gasteiger partial charge on any atom is -0.394 e. The van der Waals surface area contributed by atoms with Crippen molar-refractivity contribution in [2.75, 3.05) is 43.6 Å². The first-order valence-corrected chi connectivity index (χ1v) is 7.94. The van der Waals surface area contributed by atoms with Crippen molar-refractivity contribution in [3.05, 3.63) is 34.4 Å². The summed E-state index contributed by atoms with van der Waals surface area (Å²) >= 11 is 11.9. The fraction of sp³-hybridized carbons (Fsp3) is 0.333. The molecule has 2 rings (SSSR count). The Labute approximate surface area is 146 Å². The number of nitrogens with two attached hydrogens (primary N) is 1. The predicted octanol–water partition coefficient (Wildman–Crippen LogP) is 3.47. The van der Waals surface area contributed by atoms with Crippen molar-refractivity contribution in [1.82, 2.24) is 14.9 Å². The van der Waals surface area contributed by atoms with Crippen molar-refractivity contribution in [3.63, 3.8) is 0 Å². The molecule has 0 fully saturated rings. The summed E-state index contributed by atoms with van der Waals surface area (Å²) in [4.78, 5) is 10.7. The van der Waals surface area contributed by atoms with E-state index in [0.717, 1.165) is 25.2 Å². The summed E-state index contributed by atoms with van der Waals surface area (Å²) in [5.41, 5.74) is 7.17. The monoisotopic (exact) mass is 354 g/mol. The Balaban J connectivity index is 2.02. The maximum Gasteiger partial charge on any atom is 0.229 e. The molecule has 0 bridgehead atoms. The SMILES string of the molecule is CN(C)CCCNc1nc(Nc2ccc(Cl)c(Cl)c2)ncc1N. The predicted molar refractivity (Wildman–Crippen MR) is 97.8 cm³/mol. The summed E-state index contributed by atoms with van der Waals surface area (Å²) in [6, 6.07) is 5.23. The Morgan fingerprint density at radius 3 is 2.70 bits per heavy atom. The summed E-state index contributed by atoms with van der Waals surface area (Å²) in [5.74, 6) is 1.05. The van der Waals surface area contributed by atoms with Gasteiger partial charge in [-0.1, -0.05) is 23.2 Å². The van der Waals surface area contributed by atoms with E-state index in [-0.39, 0.29) is 0 Å². The van der Waals surface area contributed by atoms with Gasteiger partial charge in [-0.05, 0) is 45.3 Å². The van der Waals surface area contributed by atoms with Gasteiger partial charge in [-0.2, -0.15) is 4.98 Å². The molecule has 0 unspecified atom stereocenters. The van der Waals surface area contributed by atoms with Crippen molar-refractivity contribution in [1.29, 1.82) is 0 Å². The van der Waals surface area contributed by atoms with E-state index in [2.05, 4.69) is 25.5 Å². The Hall–Kier alpha value is -1.76. The summed E-state index contributed by atoms with van der Waals surface area (Å²) in [6.45, 7) is 1.78. The van der Waals surface area contributed by atoms with Gasteiger partial charge < -0.3 is 21.3 Å². The van der Waals surface area contributed by atoms with Crippen LogP contribution < -0.4 is 16.4 Å². The van der Waals surface area contributed by atoms with Crippen LogP contribution in [-0.4, -0.2) is 42.1 Å². The lowest BCUT2D eigenvalue weighted by Gasteiger charge is -2.12. The van der Waals surface area contributed by atoms with Gasteiger partial charge in [0.05, 0.1) is 21.9 Å². The molecule has 6 nitrogen and oxygen atoms in total. The molecule has 0 saturated carbocycles. The van der Waals surface area contributed by atoms with Crippen LogP contribution in [0.4, 0.5) is 23.1 Å². The van der Waals surface area contributed by atoms with Crippen molar-refractivity contribution in [2.45, 2.75) is 6.42 Å². The number of nitrogens with zero attached hydrogens (tertiary/aromatic N) is 3. The number of nitrogen functional groups attached to an aromatic ring is 1. The van der Waals surface area contributed by atoms with Gasteiger partial charge in [0, 0.05) is 12.2 Å². The highest BCUT2D eigenvalue weighted by Crippen LogP contribution is 2.26. The van der Waals surface area contributed by atoms with Crippen molar-refractivity contribution in [2.24, 2.45) is 0 Å². The van der Waals surface area contributed by atoms with Gasteiger partial charge in [0.1, 0.15) is 0 Å². The lowest BCUT2D eigenvalue weighted by molar-refractivity contribution is 0.405. The van der Waals surface area contributed by atoms with E-state index in [4.69, 9.17) is 28.9 Å². The molecule has 0 aliphatic carbocycles. The summed E-state index contributed by atoms with van der Waals surface area (Å²) < 4.78 is 0. The van der Waals surface area contributed by atoms with Crippen LogP contribution in [0.1, 0.15) is 6.42 Å². The van der Waals surface area contributed by atoms with Gasteiger partial charge in [0.2, 0.25) is 5.95 Å². The number of nitrogens with one attached hydrogen (secondary N) is 2. The van der Waals surface area contributed by atoms with Gasteiger partial charge >= 0.3 is 0 Å². The molecule has 1 aromatic carbocycles. The fourth-order valence-corrected chi connectivity index (χ4v) is 2.20. The van der Waals surface area contributed by atoms with Crippen LogP contribution in [0.2, 0.25) is 10.0 Å². The lowest BCUT2D eigenvalue weighted by Crippen LogP contribution is -2.17. The number of hydrogen-bond donors (Lipinski definition) is 3. The molecule has 1 aromatic heterocycles. The molecule has 1 heterocycles. The minimum absolute atomic E-state index is 0.438. The molecule has 0 amide bonds. The third-order valence-electron chi connectivity index (χ3n) is 3.07. The maximum absolute atomic E-state index is 6.00. The van der Waals surface area contributed by atoms with Crippen LogP contribution in [-0.2, 0) is 0 Å². The van der Waals surface area contributed by atoms with E-state index in [1.54, 1.807) is 24.4 Å². The first kappa shape index (κ1) is 17.6. The summed E-state index contributed by atoms with van der Waals surface area (Å²) in [5, 5.41) is 7.27. The topological polar surface area (TPSA) is 79.1 Å². The zero-order valence-electron chi connectivity index (χ0n) is 13.1. The molecule has 2 aromatic rings. The molecule has 23 heavy (non-hydrogen) atoms. The van der Waals surface area contributed by atoms with E-state index >= 15 is 0 Å². The molecule has 0 spiro atoms. The van der Waals surface area contributed by atoms with E-state index in [1.165, 1.54) is 0 Å². The molecule has 4 N–H and O–H groups in total. The van der Waals surface area contributed by atoms with E-state index < -0.39 is 0 Å². The van der Waals surface area contributed by atoms with Crippen LogP contribution in [0.15, 0.2) is 24.4 Å². The lowest BCUT2D eigenvalue weighted by atomic mass is 10.3. The largest absolute Gasteiger partial charge is 0.394 e. The average molecular weight is 355 g/mol. The summed E-state index contributed by atoms with van der Waals surface area (Å²) in [7, 11) is 4.08. The third kappa shape index (κ3) is 5.42. The van der Waals surface area contributed by atoms with Gasteiger partial charge in [-0.15, -0.1) is 0 Å². The van der Waals surface area contributed by atoms with Gasteiger partial charge in [0.25, 0.3) is 0 Å². The Kier molecular flexibility index (Phi) is 6.27. The number of hydrogen-bond acceptors (Lipinski definition) is 6. The second-order valence-electron chi connectivity index (χ2n) is 5.34. The van der Waals surface area contributed by atoms with Crippen LogP contribution >= 0.6 is 23.2 Å². The molecule has 0 atom stereocenters. The standard InChI is InChI=1S/C15H20Cl2N6/c1-23(2)7-3-6-19-14-13(18)9-20-15(22-14)21-10-4-5-11(16)12(17)8-10/h4-5,8-9H,3,6-7,18H2,1-2H3,(H2,19,20,21,22). The smallest absolute Gasteiger partial charge is 0.229 e. The summed E-state index contributed by atoms with van der Waals surface area (Å²) in [6.07, 6.45) is 2.56. The zero-order valence-corrected chi connectivity index (χ0v) is 14.6. The minimum atomic E-state index is 0.438. The Morgan fingerprint density at radius 2 is 2.00 bits per heavy atom. The highest BCUT2D eigenvalue weighted by molar-refractivity contribution is 6.42. The van der Waals surface area contributed by atoms with Gasteiger partial charge in [-0.25, -0.2) is 4.98 Å². The van der Waals surface area contributed by atoms with Crippen LogP contribution in [0.3, 0.4) is 0 Å². The molecular weight excluding hydrogens is 335 g/mol. The first-order chi connectivity index (χ1) is 11.0. The van der Waals surface area contributed by atoms with E-state index in [0.29, 0.717) is 27.5 Å². The molecule has 0 aliphatic rings. The van der Waals surface area contributed by atoms with Crippen LogP contribution in [0.5, 0.6) is 0 Å². The number of benzene rings is 1. The van der Waals surface area contributed by atoms with E-state index in [9.17, 15) is 0 Å². The fourth-order valence-electron chi connectivity index (χ4n) is 1.90. The van der Waals surface area contributed by atoms with Crippen molar-refractivity contribution in [3.8, 4) is 0 Å². The number of rotatable bonds is 7. The number of aromatic nitrogens is 2.